The molecule has 1 N–H and O–H groups in total. The summed E-state index contributed by atoms with van der Waals surface area (Å²) >= 11 is -2.68. The quantitative estimate of drug-likeness (QED) is 0.707. The molecule has 0 aromatic carbocycles. The monoisotopic (exact) mass is 220 g/mol. The summed E-state index contributed by atoms with van der Waals surface area (Å²) < 4.78 is 18.9. The number of hydrogen-bond acceptors (Lipinski definition) is 1. The Morgan fingerprint density at radius 1 is 1.71 bits per heavy atom. The SMILES string of the molecule is CCCC[Te](=O)O. The van der Waals surface area contributed by atoms with Crippen LogP contribution < -0.4 is 0 Å². The van der Waals surface area contributed by atoms with Gasteiger partial charge in [-0.3, -0.25) is 0 Å². The van der Waals surface area contributed by atoms with Gasteiger partial charge in [-0.15, -0.1) is 0 Å². The van der Waals surface area contributed by atoms with Crippen molar-refractivity contribution in [3.05, 3.63) is 0 Å². The summed E-state index contributed by atoms with van der Waals surface area (Å²) in [6.07, 6.45) is 1.94. The average molecular weight is 218 g/mol. The second-order valence-corrected chi connectivity index (χ2v) is 4.38. The van der Waals surface area contributed by atoms with Crippen LogP contribution in [-0.4, -0.2) is 23.4 Å². The van der Waals surface area contributed by atoms with Crippen molar-refractivity contribution >= 4 is 19.9 Å². The van der Waals surface area contributed by atoms with E-state index in [9.17, 15) is 3.10 Å². The van der Waals surface area contributed by atoms with Gasteiger partial charge in [-0.25, -0.2) is 0 Å². The third-order valence-corrected chi connectivity index (χ3v) is 2.49. The summed E-state index contributed by atoms with van der Waals surface area (Å²) in [5, 5.41) is 0. The molecule has 0 aromatic heterocycles. The van der Waals surface area contributed by atoms with Gasteiger partial charge in [-0.05, 0) is 0 Å². The molecule has 0 radical (unpaired) electrons. The molecule has 0 aliphatic heterocycles. The zero-order valence-corrected chi connectivity index (χ0v) is 6.72. The van der Waals surface area contributed by atoms with E-state index in [1.807, 2.05) is 6.92 Å². The number of rotatable bonds is 3. The van der Waals surface area contributed by atoms with Gasteiger partial charge in [0.15, 0.2) is 0 Å². The maximum absolute atomic E-state index is 10.0. The first kappa shape index (κ1) is 7.55. The van der Waals surface area contributed by atoms with Crippen LogP contribution in [0.4, 0.5) is 0 Å². The Labute approximate surface area is 51.1 Å². The molecule has 0 aliphatic rings. The summed E-state index contributed by atoms with van der Waals surface area (Å²) in [6.45, 7) is 2.02. The van der Waals surface area contributed by atoms with Crippen molar-refractivity contribution in [3.8, 4) is 0 Å². The number of unbranched alkanes of at least 4 members (excludes halogenated alkanes) is 1. The molecule has 0 aromatic rings. The fourth-order valence-corrected chi connectivity index (χ4v) is 1.80. The molecule has 0 spiro atoms. The topological polar surface area (TPSA) is 37.3 Å². The van der Waals surface area contributed by atoms with Crippen LogP contribution in [0.25, 0.3) is 0 Å². The van der Waals surface area contributed by atoms with E-state index in [2.05, 4.69) is 0 Å². The normalized spacial score (nSPS) is 10.1. The second kappa shape index (κ2) is 4.70. The zero-order valence-electron chi connectivity index (χ0n) is 4.39. The van der Waals surface area contributed by atoms with Crippen molar-refractivity contribution in [2.24, 2.45) is 0 Å². The molecule has 0 saturated heterocycles. The molecule has 0 bridgehead atoms. The Morgan fingerprint density at radius 3 is 2.43 bits per heavy atom. The van der Waals surface area contributed by atoms with Crippen LogP contribution in [0, 0.1) is 0 Å². The van der Waals surface area contributed by atoms with E-state index >= 15 is 0 Å². The van der Waals surface area contributed by atoms with Crippen LogP contribution in [-0.2, 0) is 3.10 Å². The molecule has 0 unspecified atom stereocenters. The van der Waals surface area contributed by atoms with Gasteiger partial charge in [0.2, 0.25) is 0 Å². The molecule has 2 nitrogen and oxygen atoms in total. The van der Waals surface area contributed by atoms with Gasteiger partial charge in [0.1, 0.15) is 0 Å². The molecule has 0 saturated carbocycles. The second-order valence-electron chi connectivity index (χ2n) is 1.38. The molecule has 0 amide bonds. The van der Waals surface area contributed by atoms with Crippen molar-refractivity contribution in [2.45, 2.75) is 24.2 Å². The van der Waals surface area contributed by atoms with E-state index in [0.29, 0.717) is 4.47 Å². The van der Waals surface area contributed by atoms with Gasteiger partial charge >= 0.3 is 50.8 Å². The molecule has 0 atom stereocenters. The summed E-state index contributed by atoms with van der Waals surface area (Å²) in [7, 11) is 0. The molecule has 7 heavy (non-hydrogen) atoms. The average Bonchev–Trinajstić information content (AvgIpc) is 1.61. The third kappa shape index (κ3) is 6.55. The minimum atomic E-state index is -2.68. The van der Waals surface area contributed by atoms with Crippen molar-refractivity contribution in [1.29, 1.82) is 0 Å². The van der Waals surface area contributed by atoms with Gasteiger partial charge in [-0.1, -0.05) is 0 Å². The Hall–Kier alpha value is 0.550. The van der Waals surface area contributed by atoms with Crippen LogP contribution in [0.3, 0.4) is 0 Å². The van der Waals surface area contributed by atoms with E-state index in [1.165, 1.54) is 0 Å². The van der Waals surface area contributed by atoms with Gasteiger partial charge in [0.25, 0.3) is 0 Å². The first-order chi connectivity index (χ1) is 3.27. The van der Waals surface area contributed by atoms with Gasteiger partial charge in [0, 0.05) is 0 Å². The van der Waals surface area contributed by atoms with Crippen LogP contribution in [0.2, 0.25) is 4.47 Å². The van der Waals surface area contributed by atoms with Crippen LogP contribution in [0.1, 0.15) is 19.8 Å². The summed E-state index contributed by atoms with van der Waals surface area (Å²) in [4.78, 5) is 0. The maximum atomic E-state index is 10.0. The van der Waals surface area contributed by atoms with E-state index in [0.717, 1.165) is 12.8 Å². The molecular weight excluding hydrogens is 208 g/mol. The van der Waals surface area contributed by atoms with Crippen molar-refractivity contribution in [3.63, 3.8) is 0 Å². The van der Waals surface area contributed by atoms with Crippen LogP contribution in [0.5, 0.6) is 0 Å². The van der Waals surface area contributed by atoms with Crippen LogP contribution in [0.15, 0.2) is 0 Å². The summed E-state index contributed by atoms with van der Waals surface area (Å²) in [6, 6.07) is 0. The molecule has 3 heteroatoms. The predicted molar refractivity (Wildman–Crippen MR) is 28.4 cm³/mol. The van der Waals surface area contributed by atoms with E-state index < -0.39 is 19.9 Å². The van der Waals surface area contributed by atoms with E-state index in [-0.39, 0.29) is 0 Å². The standard InChI is InChI=1S/C4H10O2Te/c1-2-3-4-7(5)6/h2-4H2,1H3,(H,5,6). The molecular formula is C4H10O2Te. The van der Waals surface area contributed by atoms with Gasteiger partial charge < -0.3 is 0 Å². The van der Waals surface area contributed by atoms with Crippen molar-refractivity contribution < 1.29 is 6.58 Å². The molecule has 0 rings (SSSR count). The molecule has 0 aliphatic carbocycles. The number of hydrogen-bond donors (Lipinski definition) is 1. The first-order valence-corrected chi connectivity index (χ1v) is 5.99. The predicted octanol–water partition coefficient (Wildman–Crippen LogP) is 0.698. The molecule has 0 heterocycles. The van der Waals surface area contributed by atoms with Gasteiger partial charge in [0.05, 0.1) is 0 Å². The van der Waals surface area contributed by atoms with Crippen molar-refractivity contribution in [1.82, 2.24) is 0 Å². The Bertz CT molecular complexity index is 62.7. The van der Waals surface area contributed by atoms with E-state index in [1.54, 1.807) is 0 Å². The third-order valence-electron chi connectivity index (χ3n) is 0.673. The molecule has 44 valence electrons. The van der Waals surface area contributed by atoms with Gasteiger partial charge in [-0.2, -0.15) is 0 Å². The fraction of sp³-hybridized carbons (Fsp3) is 1.00. The Morgan fingerprint density at radius 2 is 2.29 bits per heavy atom. The minimum absolute atomic E-state index is 0.569. The van der Waals surface area contributed by atoms with Crippen molar-refractivity contribution in [2.75, 3.05) is 0 Å². The summed E-state index contributed by atoms with van der Waals surface area (Å²) in [5.74, 6) is 0. The Kier molecular flexibility index (Phi) is 5.07. The first-order valence-electron chi connectivity index (χ1n) is 2.35. The Balaban J connectivity index is 2.82. The van der Waals surface area contributed by atoms with Crippen LogP contribution >= 0.6 is 0 Å². The fourth-order valence-electron chi connectivity index (χ4n) is 0.268. The molecule has 0 fully saturated rings. The zero-order chi connectivity index (χ0) is 5.70. The van der Waals surface area contributed by atoms with E-state index in [4.69, 9.17) is 3.47 Å². The summed E-state index contributed by atoms with van der Waals surface area (Å²) in [5.41, 5.74) is 0.